The monoisotopic (exact) mass is 211 g/mol. The number of carboxylic acid groups (broad SMARTS) is 1. The maximum atomic E-state index is 11.6. The van der Waals surface area contributed by atoms with Crippen LogP contribution < -0.4 is 0 Å². The highest BCUT2D eigenvalue weighted by Crippen LogP contribution is 2.39. The van der Waals surface area contributed by atoms with Gasteiger partial charge in [-0.1, -0.05) is 6.92 Å². The Morgan fingerprint density at radius 2 is 1.80 bits per heavy atom. The summed E-state index contributed by atoms with van der Waals surface area (Å²) in [5.74, 6) is 0.417. The molecule has 0 aliphatic carbocycles. The predicted molar refractivity (Wildman–Crippen MR) is 54.7 cm³/mol. The fourth-order valence-electron chi connectivity index (χ4n) is 3.04. The van der Waals surface area contributed by atoms with E-state index in [1.54, 1.807) is 4.90 Å². The lowest BCUT2D eigenvalue weighted by molar-refractivity contribution is -0.124. The van der Waals surface area contributed by atoms with E-state index >= 15 is 0 Å². The van der Waals surface area contributed by atoms with Crippen molar-refractivity contribution in [3.63, 3.8) is 0 Å². The average Bonchev–Trinajstić information content (AvgIpc) is 2.49. The van der Waals surface area contributed by atoms with Gasteiger partial charge in [-0.15, -0.1) is 0 Å². The van der Waals surface area contributed by atoms with Crippen molar-refractivity contribution >= 4 is 11.9 Å². The molecule has 3 atom stereocenters. The summed E-state index contributed by atoms with van der Waals surface area (Å²) < 4.78 is 0. The summed E-state index contributed by atoms with van der Waals surface area (Å²) in [7, 11) is 0. The third kappa shape index (κ3) is 1.73. The van der Waals surface area contributed by atoms with Crippen LogP contribution in [0.4, 0.5) is 4.79 Å². The molecule has 2 rings (SSSR count). The molecule has 4 nitrogen and oxygen atoms in total. The van der Waals surface area contributed by atoms with Crippen molar-refractivity contribution < 1.29 is 14.7 Å². The summed E-state index contributed by atoms with van der Waals surface area (Å²) in [5.41, 5.74) is 0. The Hall–Kier alpha value is -1.06. The highest BCUT2D eigenvalue weighted by atomic mass is 16.4. The van der Waals surface area contributed by atoms with Crippen LogP contribution in [0, 0.1) is 5.92 Å². The molecule has 2 fully saturated rings. The molecule has 0 spiro atoms. The number of hydrogen-bond acceptors (Lipinski definition) is 2. The Bertz CT molecular complexity index is 276. The van der Waals surface area contributed by atoms with Crippen molar-refractivity contribution in [1.29, 1.82) is 0 Å². The third-order valence-electron chi connectivity index (χ3n) is 3.76. The molecule has 0 radical (unpaired) electrons. The van der Waals surface area contributed by atoms with E-state index in [4.69, 9.17) is 5.11 Å². The van der Waals surface area contributed by atoms with Crippen LogP contribution in [0.2, 0.25) is 0 Å². The maximum Gasteiger partial charge on any atom is 0.407 e. The molecule has 0 unspecified atom stereocenters. The predicted octanol–water partition coefficient (Wildman–Crippen LogP) is 1.89. The minimum Gasteiger partial charge on any atom is -0.465 e. The van der Waals surface area contributed by atoms with E-state index in [0.717, 1.165) is 25.7 Å². The molecule has 1 amide bonds. The quantitative estimate of drug-likeness (QED) is 0.758. The molecular formula is C11H17NO3. The smallest absolute Gasteiger partial charge is 0.407 e. The number of piperidine rings is 1. The van der Waals surface area contributed by atoms with Gasteiger partial charge >= 0.3 is 6.09 Å². The first kappa shape index (κ1) is 10.5. The molecule has 4 heteroatoms. The van der Waals surface area contributed by atoms with E-state index in [1.165, 1.54) is 0 Å². The van der Waals surface area contributed by atoms with Gasteiger partial charge in [0, 0.05) is 24.4 Å². The highest BCUT2D eigenvalue weighted by Gasteiger charge is 2.44. The van der Waals surface area contributed by atoms with E-state index in [-0.39, 0.29) is 18.0 Å². The molecular weight excluding hydrogens is 194 g/mol. The number of carbonyl (C=O) groups is 2. The van der Waals surface area contributed by atoms with Crippen molar-refractivity contribution in [3.8, 4) is 0 Å². The molecule has 2 bridgehead atoms. The van der Waals surface area contributed by atoms with E-state index in [9.17, 15) is 9.59 Å². The molecule has 2 saturated heterocycles. The number of amides is 1. The van der Waals surface area contributed by atoms with Crippen LogP contribution in [0.25, 0.3) is 0 Å². The Morgan fingerprint density at radius 3 is 2.20 bits per heavy atom. The average molecular weight is 211 g/mol. The summed E-state index contributed by atoms with van der Waals surface area (Å²) in [4.78, 5) is 24.2. The van der Waals surface area contributed by atoms with E-state index in [0.29, 0.717) is 12.2 Å². The number of Topliss-reactive ketones (excluding diaryl/α,β-unsaturated/α-hetero) is 1. The van der Waals surface area contributed by atoms with Gasteiger partial charge in [0.15, 0.2) is 0 Å². The summed E-state index contributed by atoms with van der Waals surface area (Å²) in [6.07, 6.45) is 3.13. The number of nitrogens with zero attached hydrogens (tertiary/aromatic N) is 1. The van der Waals surface area contributed by atoms with Gasteiger partial charge in [0.1, 0.15) is 5.78 Å². The van der Waals surface area contributed by atoms with Gasteiger partial charge in [-0.3, -0.25) is 4.79 Å². The van der Waals surface area contributed by atoms with Gasteiger partial charge in [0.2, 0.25) is 0 Å². The third-order valence-corrected chi connectivity index (χ3v) is 3.76. The molecule has 2 heterocycles. The van der Waals surface area contributed by atoms with Crippen molar-refractivity contribution in [2.24, 2.45) is 5.92 Å². The van der Waals surface area contributed by atoms with Gasteiger partial charge in [0.05, 0.1) is 0 Å². The van der Waals surface area contributed by atoms with Crippen LogP contribution in [0.5, 0.6) is 0 Å². The first-order chi connectivity index (χ1) is 7.13. The van der Waals surface area contributed by atoms with Gasteiger partial charge in [-0.2, -0.15) is 0 Å². The van der Waals surface area contributed by atoms with Crippen molar-refractivity contribution in [3.05, 3.63) is 0 Å². The lowest BCUT2D eigenvalue weighted by Crippen LogP contribution is -2.47. The largest absolute Gasteiger partial charge is 0.465 e. The number of ketones is 1. The van der Waals surface area contributed by atoms with Crippen LogP contribution in [0.3, 0.4) is 0 Å². The summed E-state index contributed by atoms with van der Waals surface area (Å²) in [6.45, 7) is 1.88. The summed E-state index contributed by atoms with van der Waals surface area (Å²) in [5, 5.41) is 9.04. The topological polar surface area (TPSA) is 57.6 Å². The second-order valence-electron chi connectivity index (χ2n) is 4.56. The molecule has 0 aromatic carbocycles. The standard InChI is InChI=1S/C11H17NO3/c1-2-10(13)7-5-8-3-4-9(6-7)12(8)11(14)15/h7-9H,2-6H2,1H3,(H,14,15)/t7-,8+,9-. The van der Waals surface area contributed by atoms with Crippen LogP contribution in [0.15, 0.2) is 0 Å². The maximum absolute atomic E-state index is 11.6. The van der Waals surface area contributed by atoms with E-state index in [1.807, 2.05) is 6.92 Å². The molecule has 1 N–H and O–H groups in total. The summed E-state index contributed by atoms with van der Waals surface area (Å²) in [6, 6.07) is 0.198. The zero-order valence-electron chi connectivity index (χ0n) is 8.98. The fourth-order valence-corrected chi connectivity index (χ4v) is 3.04. The van der Waals surface area contributed by atoms with Gasteiger partial charge in [0.25, 0.3) is 0 Å². The number of carbonyl (C=O) groups excluding carboxylic acids is 1. The first-order valence-electron chi connectivity index (χ1n) is 5.67. The molecule has 0 aromatic rings. The fraction of sp³-hybridized carbons (Fsp3) is 0.818. The van der Waals surface area contributed by atoms with Crippen LogP contribution >= 0.6 is 0 Å². The van der Waals surface area contributed by atoms with Gasteiger partial charge < -0.3 is 10.0 Å². The molecule has 2 aliphatic heterocycles. The summed E-state index contributed by atoms with van der Waals surface area (Å²) >= 11 is 0. The zero-order chi connectivity index (χ0) is 11.0. The second kappa shape index (κ2) is 3.83. The Kier molecular flexibility index (Phi) is 2.67. The number of hydrogen-bond donors (Lipinski definition) is 1. The molecule has 2 aliphatic rings. The van der Waals surface area contributed by atoms with Crippen LogP contribution in [-0.4, -0.2) is 34.0 Å². The normalized spacial score (nSPS) is 34.2. The molecule has 84 valence electrons. The molecule has 15 heavy (non-hydrogen) atoms. The van der Waals surface area contributed by atoms with Crippen LogP contribution in [-0.2, 0) is 4.79 Å². The SMILES string of the molecule is CCC(=O)[C@H]1C[C@H]2CC[C@@H](C1)N2C(=O)O. The number of fused-ring (bicyclic) bond motifs is 2. The Labute approximate surface area is 89.3 Å². The minimum atomic E-state index is -0.815. The Morgan fingerprint density at radius 1 is 1.27 bits per heavy atom. The molecule has 0 aromatic heterocycles. The minimum absolute atomic E-state index is 0.0988. The second-order valence-corrected chi connectivity index (χ2v) is 4.56. The van der Waals surface area contributed by atoms with Crippen molar-refractivity contribution in [2.75, 3.05) is 0 Å². The van der Waals surface area contributed by atoms with Crippen molar-refractivity contribution in [2.45, 2.75) is 51.1 Å². The first-order valence-corrected chi connectivity index (χ1v) is 5.67. The lowest BCUT2D eigenvalue weighted by atomic mass is 9.87. The Balaban J connectivity index is 2.08. The van der Waals surface area contributed by atoms with Crippen molar-refractivity contribution in [1.82, 2.24) is 4.90 Å². The van der Waals surface area contributed by atoms with E-state index < -0.39 is 6.09 Å². The molecule has 0 saturated carbocycles. The highest BCUT2D eigenvalue weighted by molar-refractivity contribution is 5.81. The van der Waals surface area contributed by atoms with Gasteiger partial charge in [-0.05, 0) is 25.7 Å². The zero-order valence-corrected chi connectivity index (χ0v) is 8.98. The van der Waals surface area contributed by atoms with Gasteiger partial charge in [-0.25, -0.2) is 4.79 Å². The van der Waals surface area contributed by atoms with E-state index in [2.05, 4.69) is 0 Å². The van der Waals surface area contributed by atoms with Crippen LogP contribution in [0.1, 0.15) is 39.0 Å². The number of rotatable bonds is 2. The lowest BCUT2D eigenvalue weighted by Gasteiger charge is -2.36.